The molecule has 0 unspecified atom stereocenters. The fourth-order valence-electron chi connectivity index (χ4n) is 1.000. The van der Waals surface area contributed by atoms with Gasteiger partial charge < -0.3 is 5.32 Å². The first kappa shape index (κ1) is 10.5. The lowest BCUT2D eigenvalue weighted by molar-refractivity contribution is 0.254. The molecule has 0 atom stereocenters. The third-order valence-corrected chi connectivity index (χ3v) is 1.92. The summed E-state index contributed by atoms with van der Waals surface area (Å²) >= 11 is 0. The molecule has 0 aliphatic heterocycles. The minimum Gasteiger partial charge on any atom is -0.341 e. The molecule has 0 saturated carbocycles. The van der Waals surface area contributed by atoms with Crippen molar-refractivity contribution in [3.8, 4) is 0 Å². The second kappa shape index (κ2) is 4.60. The number of anilines is 1. The summed E-state index contributed by atoms with van der Waals surface area (Å²) in [7, 11) is 1.57. The molecule has 0 saturated heterocycles. The van der Waals surface area contributed by atoms with Crippen molar-refractivity contribution in [2.45, 2.75) is 19.8 Å². The molecule has 0 spiro atoms. The maximum absolute atomic E-state index is 10.9. The molecule has 2 N–H and O–H groups in total. The van der Waals surface area contributed by atoms with Gasteiger partial charge in [-0.1, -0.05) is 19.9 Å². The number of aromatic nitrogens is 1. The van der Waals surface area contributed by atoms with E-state index in [-0.39, 0.29) is 6.03 Å². The molecule has 0 radical (unpaired) electrons. The van der Waals surface area contributed by atoms with Crippen molar-refractivity contribution < 1.29 is 4.79 Å². The Kier molecular flexibility index (Phi) is 3.45. The van der Waals surface area contributed by atoms with Crippen LogP contribution in [0.25, 0.3) is 0 Å². The molecular formula is C10H15N3O. The molecule has 0 aliphatic rings. The molecule has 4 heteroatoms. The number of carbonyl (C=O) groups is 1. The van der Waals surface area contributed by atoms with E-state index in [1.165, 1.54) is 0 Å². The monoisotopic (exact) mass is 193 g/mol. The highest BCUT2D eigenvalue weighted by Gasteiger charge is 2.01. The minimum atomic E-state index is -0.255. The quantitative estimate of drug-likeness (QED) is 0.754. The topological polar surface area (TPSA) is 54.0 Å². The fraction of sp³-hybridized carbons (Fsp3) is 0.400. The number of urea groups is 1. The second-order valence-corrected chi connectivity index (χ2v) is 3.34. The molecule has 14 heavy (non-hydrogen) atoms. The summed E-state index contributed by atoms with van der Waals surface area (Å²) in [5.41, 5.74) is 1.16. The third-order valence-electron chi connectivity index (χ3n) is 1.92. The highest BCUT2D eigenvalue weighted by atomic mass is 16.2. The Hall–Kier alpha value is -1.58. The maximum atomic E-state index is 10.9. The van der Waals surface area contributed by atoms with Gasteiger partial charge in [0, 0.05) is 13.2 Å². The number of rotatable bonds is 2. The molecule has 1 heterocycles. The van der Waals surface area contributed by atoms with Gasteiger partial charge in [0.2, 0.25) is 0 Å². The van der Waals surface area contributed by atoms with Crippen molar-refractivity contribution in [2.24, 2.45) is 0 Å². The molecule has 1 aromatic rings. The van der Waals surface area contributed by atoms with E-state index in [2.05, 4.69) is 29.5 Å². The van der Waals surface area contributed by atoms with E-state index in [0.29, 0.717) is 11.7 Å². The molecule has 0 bridgehead atoms. The number of carbonyl (C=O) groups excluding carboxylic acids is 1. The Balaban J connectivity index is 2.69. The highest BCUT2D eigenvalue weighted by molar-refractivity contribution is 5.87. The summed E-state index contributed by atoms with van der Waals surface area (Å²) in [6, 6.07) is 3.50. The first-order valence-corrected chi connectivity index (χ1v) is 4.58. The van der Waals surface area contributed by atoms with Gasteiger partial charge in [-0.25, -0.2) is 9.78 Å². The normalized spacial score (nSPS) is 10.0. The minimum absolute atomic E-state index is 0.255. The molecule has 1 rings (SSSR count). The van der Waals surface area contributed by atoms with Crippen LogP contribution < -0.4 is 10.6 Å². The third kappa shape index (κ3) is 2.73. The summed E-state index contributed by atoms with van der Waals surface area (Å²) < 4.78 is 0. The standard InChI is InChI=1S/C10H15N3O/c1-7(2)8-4-5-9(12-6-8)13-10(14)11-3/h4-7H,1-3H3,(H2,11,12,13,14). The van der Waals surface area contributed by atoms with E-state index >= 15 is 0 Å². The summed E-state index contributed by atoms with van der Waals surface area (Å²) in [6.45, 7) is 4.20. The summed E-state index contributed by atoms with van der Waals surface area (Å²) in [5.74, 6) is 1.02. The van der Waals surface area contributed by atoms with Crippen LogP contribution >= 0.6 is 0 Å². The average Bonchev–Trinajstić information content (AvgIpc) is 2.18. The number of pyridine rings is 1. The zero-order valence-corrected chi connectivity index (χ0v) is 8.66. The van der Waals surface area contributed by atoms with E-state index in [0.717, 1.165) is 5.56 Å². The van der Waals surface area contributed by atoms with Crippen molar-refractivity contribution in [3.05, 3.63) is 23.9 Å². The summed E-state index contributed by atoms with van der Waals surface area (Å²) in [5, 5.41) is 5.06. The first-order chi connectivity index (χ1) is 6.63. The van der Waals surface area contributed by atoms with Crippen molar-refractivity contribution in [2.75, 3.05) is 12.4 Å². The van der Waals surface area contributed by atoms with Gasteiger partial charge in [-0.3, -0.25) is 5.32 Å². The van der Waals surface area contributed by atoms with Crippen molar-refractivity contribution in [1.82, 2.24) is 10.3 Å². The molecule has 0 aliphatic carbocycles. The first-order valence-electron chi connectivity index (χ1n) is 4.58. The van der Waals surface area contributed by atoms with Crippen LogP contribution in [0.1, 0.15) is 25.3 Å². The number of nitrogens with zero attached hydrogens (tertiary/aromatic N) is 1. The summed E-state index contributed by atoms with van der Waals surface area (Å²) in [4.78, 5) is 15.1. The van der Waals surface area contributed by atoms with E-state index in [9.17, 15) is 4.79 Å². The zero-order valence-electron chi connectivity index (χ0n) is 8.66. The zero-order chi connectivity index (χ0) is 10.6. The van der Waals surface area contributed by atoms with Crippen LogP contribution in [0.15, 0.2) is 18.3 Å². The van der Waals surface area contributed by atoms with Gasteiger partial charge in [0.15, 0.2) is 0 Å². The Morgan fingerprint density at radius 1 is 1.43 bits per heavy atom. The Bertz CT molecular complexity index is 306. The predicted octanol–water partition coefficient (Wildman–Crippen LogP) is 1.96. The van der Waals surface area contributed by atoms with Crippen molar-refractivity contribution >= 4 is 11.8 Å². The lowest BCUT2D eigenvalue weighted by Crippen LogP contribution is -2.24. The van der Waals surface area contributed by atoms with Gasteiger partial charge in [-0.15, -0.1) is 0 Å². The number of amides is 2. The van der Waals surface area contributed by atoms with Crippen molar-refractivity contribution in [3.63, 3.8) is 0 Å². The molecular weight excluding hydrogens is 178 g/mol. The van der Waals surface area contributed by atoms with Crippen LogP contribution in [0.5, 0.6) is 0 Å². The van der Waals surface area contributed by atoms with E-state index in [4.69, 9.17) is 0 Å². The van der Waals surface area contributed by atoms with Crippen LogP contribution in [0.2, 0.25) is 0 Å². The Labute approximate surface area is 83.7 Å². The highest BCUT2D eigenvalue weighted by Crippen LogP contribution is 2.14. The van der Waals surface area contributed by atoms with Crippen LogP contribution in [0.3, 0.4) is 0 Å². The van der Waals surface area contributed by atoms with Crippen molar-refractivity contribution in [1.29, 1.82) is 0 Å². The molecule has 76 valence electrons. The molecule has 4 nitrogen and oxygen atoms in total. The van der Waals surface area contributed by atoms with E-state index in [1.54, 1.807) is 19.3 Å². The van der Waals surface area contributed by atoms with Gasteiger partial charge in [-0.2, -0.15) is 0 Å². The SMILES string of the molecule is CNC(=O)Nc1ccc(C(C)C)cn1. The molecule has 0 aromatic carbocycles. The molecule has 1 aromatic heterocycles. The lowest BCUT2D eigenvalue weighted by atomic mass is 10.1. The molecule has 2 amide bonds. The Morgan fingerprint density at radius 3 is 2.57 bits per heavy atom. The van der Waals surface area contributed by atoms with Gasteiger partial charge in [0.25, 0.3) is 0 Å². The average molecular weight is 193 g/mol. The largest absolute Gasteiger partial charge is 0.341 e. The van der Waals surface area contributed by atoms with Crippen LogP contribution in [-0.2, 0) is 0 Å². The number of hydrogen-bond acceptors (Lipinski definition) is 2. The smallest absolute Gasteiger partial charge is 0.320 e. The van der Waals surface area contributed by atoms with Gasteiger partial charge in [0.1, 0.15) is 5.82 Å². The number of nitrogens with one attached hydrogen (secondary N) is 2. The van der Waals surface area contributed by atoms with Gasteiger partial charge in [0.05, 0.1) is 0 Å². The van der Waals surface area contributed by atoms with E-state index in [1.807, 2.05) is 6.07 Å². The van der Waals surface area contributed by atoms with Crippen LogP contribution in [0.4, 0.5) is 10.6 Å². The van der Waals surface area contributed by atoms with Crippen LogP contribution in [-0.4, -0.2) is 18.1 Å². The maximum Gasteiger partial charge on any atom is 0.320 e. The lowest BCUT2D eigenvalue weighted by Gasteiger charge is -2.06. The van der Waals surface area contributed by atoms with Gasteiger partial charge in [-0.05, 0) is 17.5 Å². The molecule has 0 fully saturated rings. The predicted molar refractivity (Wildman–Crippen MR) is 56.4 cm³/mol. The fourth-order valence-corrected chi connectivity index (χ4v) is 1.000. The van der Waals surface area contributed by atoms with E-state index < -0.39 is 0 Å². The number of hydrogen-bond donors (Lipinski definition) is 2. The Morgan fingerprint density at radius 2 is 2.14 bits per heavy atom. The van der Waals surface area contributed by atoms with Crippen LogP contribution in [0, 0.1) is 0 Å². The van der Waals surface area contributed by atoms with Gasteiger partial charge >= 0.3 is 6.03 Å². The second-order valence-electron chi connectivity index (χ2n) is 3.34. The summed E-state index contributed by atoms with van der Waals surface area (Å²) in [6.07, 6.45) is 1.77.